The van der Waals surface area contributed by atoms with Gasteiger partial charge >= 0.3 is 0 Å². The third-order valence-corrected chi connectivity index (χ3v) is 3.97. The lowest BCUT2D eigenvalue weighted by Crippen LogP contribution is -2.07. The van der Waals surface area contributed by atoms with Crippen molar-refractivity contribution in [2.75, 3.05) is 13.1 Å². The van der Waals surface area contributed by atoms with Crippen molar-refractivity contribution in [3.05, 3.63) is 24.3 Å². The van der Waals surface area contributed by atoms with Crippen molar-refractivity contribution >= 4 is 20.2 Å². The molecule has 2 N–H and O–H groups in total. The van der Waals surface area contributed by atoms with Gasteiger partial charge in [-0.05, 0) is 18.6 Å². The smallest absolute Gasteiger partial charge is 0.282 e. The molecule has 0 amide bonds. The Morgan fingerprint density at radius 2 is 1.21 bits per heavy atom. The molecule has 19 heavy (non-hydrogen) atoms. The van der Waals surface area contributed by atoms with Gasteiger partial charge in [0.25, 0.3) is 20.2 Å². The molecule has 2 rings (SSSR count). The summed E-state index contributed by atoms with van der Waals surface area (Å²) in [7, 11) is -9.31. The van der Waals surface area contributed by atoms with Gasteiger partial charge in [0.15, 0.2) is 0 Å². The van der Waals surface area contributed by atoms with Gasteiger partial charge < -0.3 is 0 Å². The van der Waals surface area contributed by atoms with E-state index in [1.165, 1.54) is 18.6 Å². The van der Waals surface area contributed by atoms with Crippen molar-refractivity contribution in [3.8, 4) is 0 Å². The van der Waals surface area contributed by atoms with E-state index in [9.17, 15) is 16.8 Å². The first kappa shape index (κ1) is 15.7. The highest BCUT2D eigenvalue weighted by Gasteiger charge is 2.22. The zero-order valence-corrected chi connectivity index (χ0v) is 11.3. The molecule has 0 unspecified atom stereocenters. The molecule has 1 aromatic carbocycles. The minimum absolute atomic E-state index is 0.845. The molecule has 0 saturated carbocycles. The van der Waals surface area contributed by atoms with Crippen LogP contribution in [0.1, 0.15) is 6.42 Å². The minimum Gasteiger partial charge on any atom is -0.282 e. The maximum atomic E-state index is 10.7. The van der Waals surface area contributed by atoms with Crippen molar-refractivity contribution in [1.29, 1.82) is 0 Å². The molecule has 0 spiro atoms. The van der Waals surface area contributed by atoms with Gasteiger partial charge in [0.1, 0.15) is 9.79 Å². The monoisotopic (exact) mass is 308 g/mol. The van der Waals surface area contributed by atoms with E-state index in [0.717, 1.165) is 25.2 Å². The molecule has 0 atom stereocenters. The Kier molecular flexibility index (Phi) is 5.11. The van der Waals surface area contributed by atoms with Gasteiger partial charge in [0.05, 0.1) is 13.1 Å². The van der Waals surface area contributed by atoms with E-state index >= 15 is 0 Å². The summed E-state index contributed by atoms with van der Waals surface area (Å²) in [6, 6.07) is 4.19. The standard InChI is InChI=1S/C6H6O6S2.C3H6N2/c7-13(8,9)5-3-1-2-4-6(5)14(10,11)12;1-2-4-5-3-1/h1-4H,(H,7,8,9)(H,10,11,12);1-3H2. The molecule has 1 aromatic rings. The number of hydrogen-bond donors (Lipinski definition) is 2. The molecule has 0 radical (unpaired) electrons. The quantitative estimate of drug-likeness (QED) is 0.783. The highest BCUT2D eigenvalue weighted by molar-refractivity contribution is 7.89. The molecule has 0 aromatic heterocycles. The van der Waals surface area contributed by atoms with Crippen LogP contribution in [-0.2, 0) is 20.2 Å². The van der Waals surface area contributed by atoms with Crippen molar-refractivity contribution in [2.45, 2.75) is 16.2 Å². The van der Waals surface area contributed by atoms with Gasteiger partial charge in [0.2, 0.25) is 0 Å². The zero-order chi connectivity index (χ0) is 14.5. The Bertz CT molecular complexity index is 609. The summed E-state index contributed by atoms with van der Waals surface area (Å²) in [5.74, 6) is 0. The number of nitrogens with zero attached hydrogens (tertiary/aromatic N) is 2. The van der Waals surface area contributed by atoms with E-state index < -0.39 is 30.0 Å². The SMILES string of the molecule is C1CN=NC1.O=S(=O)(O)c1ccccc1S(=O)(=O)O. The second-order valence-corrected chi connectivity index (χ2v) is 6.26. The van der Waals surface area contributed by atoms with E-state index in [1.54, 1.807) is 0 Å². The number of azo groups is 1. The average Bonchev–Trinajstić information content (AvgIpc) is 2.85. The van der Waals surface area contributed by atoms with E-state index in [1.807, 2.05) is 0 Å². The fourth-order valence-electron chi connectivity index (χ4n) is 1.23. The Morgan fingerprint density at radius 1 is 0.842 bits per heavy atom. The Morgan fingerprint density at radius 3 is 1.42 bits per heavy atom. The summed E-state index contributed by atoms with van der Waals surface area (Å²) in [4.78, 5) is -1.69. The second-order valence-electron chi connectivity index (χ2n) is 3.48. The van der Waals surface area contributed by atoms with Crippen LogP contribution < -0.4 is 0 Å². The molecule has 1 aliphatic heterocycles. The predicted molar refractivity (Wildman–Crippen MR) is 65.3 cm³/mol. The Hall–Kier alpha value is -1.36. The molecule has 0 fully saturated rings. The van der Waals surface area contributed by atoms with E-state index in [4.69, 9.17) is 9.11 Å². The van der Waals surface area contributed by atoms with Gasteiger partial charge in [0, 0.05) is 0 Å². The van der Waals surface area contributed by atoms with Crippen molar-refractivity contribution < 1.29 is 25.9 Å². The molecule has 10 heteroatoms. The summed E-state index contributed by atoms with van der Waals surface area (Å²) in [6.07, 6.45) is 1.17. The van der Waals surface area contributed by atoms with Gasteiger partial charge in [-0.3, -0.25) is 9.11 Å². The van der Waals surface area contributed by atoms with E-state index in [-0.39, 0.29) is 0 Å². The molecule has 0 aliphatic carbocycles. The van der Waals surface area contributed by atoms with Crippen LogP contribution in [0.5, 0.6) is 0 Å². The van der Waals surface area contributed by atoms with Crippen LogP contribution in [0.15, 0.2) is 44.3 Å². The first-order valence-electron chi connectivity index (χ1n) is 5.10. The van der Waals surface area contributed by atoms with Crippen LogP contribution in [0.4, 0.5) is 0 Å². The maximum absolute atomic E-state index is 10.7. The Labute approximate surface area is 110 Å². The average molecular weight is 308 g/mol. The highest BCUT2D eigenvalue weighted by Crippen LogP contribution is 2.19. The lowest BCUT2D eigenvalue weighted by atomic mass is 10.4. The third-order valence-electron chi connectivity index (χ3n) is 2.02. The predicted octanol–water partition coefficient (Wildman–Crippen LogP) is 1.02. The summed E-state index contributed by atoms with van der Waals surface area (Å²) in [5, 5.41) is 7.42. The summed E-state index contributed by atoms with van der Waals surface area (Å²) in [6.45, 7) is 1.92. The molecule has 8 nitrogen and oxygen atoms in total. The van der Waals surface area contributed by atoms with Crippen LogP contribution >= 0.6 is 0 Å². The van der Waals surface area contributed by atoms with Crippen molar-refractivity contribution in [2.24, 2.45) is 10.2 Å². The molecule has 0 bridgehead atoms. The topological polar surface area (TPSA) is 133 Å². The fourth-order valence-corrected chi connectivity index (χ4v) is 3.01. The highest BCUT2D eigenvalue weighted by atomic mass is 32.2. The minimum atomic E-state index is -4.66. The second kappa shape index (κ2) is 6.19. The Balaban J connectivity index is 0.000000300. The lowest BCUT2D eigenvalue weighted by Gasteiger charge is -2.02. The van der Waals surface area contributed by atoms with Crippen molar-refractivity contribution in [1.82, 2.24) is 0 Å². The number of rotatable bonds is 2. The first-order valence-corrected chi connectivity index (χ1v) is 7.98. The van der Waals surface area contributed by atoms with Crippen LogP contribution in [0.2, 0.25) is 0 Å². The summed E-state index contributed by atoms with van der Waals surface area (Å²) < 4.78 is 60.0. The molecule has 1 heterocycles. The number of hydrogen-bond acceptors (Lipinski definition) is 6. The molecule has 106 valence electrons. The zero-order valence-electron chi connectivity index (χ0n) is 9.67. The van der Waals surface area contributed by atoms with Crippen molar-refractivity contribution in [3.63, 3.8) is 0 Å². The van der Waals surface area contributed by atoms with Crippen LogP contribution in [-0.4, -0.2) is 39.0 Å². The lowest BCUT2D eigenvalue weighted by molar-refractivity contribution is 0.466. The van der Waals surface area contributed by atoms with Crippen LogP contribution in [0.25, 0.3) is 0 Å². The van der Waals surface area contributed by atoms with Crippen LogP contribution in [0, 0.1) is 0 Å². The summed E-state index contributed by atoms with van der Waals surface area (Å²) in [5.41, 5.74) is 0. The first-order chi connectivity index (χ1) is 8.73. The maximum Gasteiger partial charge on any atom is 0.295 e. The molecule has 0 saturated heterocycles. The third kappa shape index (κ3) is 5.03. The largest absolute Gasteiger partial charge is 0.295 e. The van der Waals surface area contributed by atoms with Gasteiger partial charge in [-0.15, -0.1) is 0 Å². The van der Waals surface area contributed by atoms with Gasteiger partial charge in [-0.1, -0.05) is 12.1 Å². The van der Waals surface area contributed by atoms with E-state index in [0.29, 0.717) is 0 Å². The van der Waals surface area contributed by atoms with E-state index in [2.05, 4.69) is 10.2 Å². The molecular weight excluding hydrogens is 296 g/mol. The molecular formula is C9H12N2O6S2. The number of benzene rings is 1. The van der Waals surface area contributed by atoms with Gasteiger partial charge in [-0.25, -0.2) is 0 Å². The van der Waals surface area contributed by atoms with Gasteiger partial charge in [-0.2, -0.15) is 27.1 Å². The van der Waals surface area contributed by atoms with Crippen LogP contribution in [0.3, 0.4) is 0 Å². The normalized spacial score (nSPS) is 14.8. The summed E-state index contributed by atoms with van der Waals surface area (Å²) >= 11 is 0. The molecule has 1 aliphatic rings. The fraction of sp³-hybridized carbons (Fsp3) is 0.333.